The maximum absolute atomic E-state index is 12.7. The summed E-state index contributed by atoms with van der Waals surface area (Å²) in [7, 11) is -0.464. The molecule has 0 fully saturated rings. The van der Waals surface area contributed by atoms with E-state index in [-0.39, 0.29) is 24.1 Å². The van der Waals surface area contributed by atoms with Crippen LogP contribution < -0.4 is 24.2 Å². The molecule has 0 spiro atoms. The zero-order valence-electron chi connectivity index (χ0n) is 15.8. The SMILES string of the molecule is COc1ccc2c(c1)OCC(C(=O)Nc1ccc(OC)c(NS(C)(=O)=O)c1)C2. The van der Waals surface area contributed by atoms with Crippen molar-refractivity contribution >= 4 is 27.3 Å². The Balaban J connectivity index is 1.73. The Morgan fingerprint density at radius 2 is 1.93 bits per heavy atom. The van der Waals surface area contributed by atoms with Gasteiger partial charge in [-0.05, 0) is 36.2 Å². The van der Waals surface area contributed by atoms with Crippen molar-refractivity contribution in [2.75, 3.05) is 37.1 Å². The van der Waals surface area contributed by atoms with Crippen LogP contribution in [0.4, 0.5) is 11.4 Å². The highest BCUT2D eigenvalue weighted by atomic mass is 32.2. The molecule has 1 aliphatic heterocycles. The lowest BCUT2D eigenvalue weighted by molar-refractivity contribution is -0.121. The first-order valence-corrected chi connectivity index (χ1v) is 10.4. The van der Waals surface area contributed by atoms with Crippen molar-refractivity contribution in [3.05, 3.63) is 42.0 Å². The van der Waals surface area contributed by atoms with Crippen LogP contribution in [0.1, 0.15) is 5.56 Å². The monoisotopic (exact) mass is 406 g/mol. The molecule has 1 aliphatic rings. The summed E-state index contributed by atoms with van der Waals surface area (Å²) in [5.41, 5.74) is 1.64. The van der Waals surface area contributed by atoms with Crippen molar-refractivity contribution in [2.24, 2.45) is 5.92 Å². The molecule has 0 saturated heterocycles. The van der Waals surface area contributed by atoms with E-state index in [0.717, 1.165) is 11.8 Å². The molecule has 150 valence electrons. The molecule has 0 aliphatic carbocycles. The molecule has 1 amide bonds. The van der Waals surface area contributed by atoms with E-state index in [9.17, 15) is 13.2 Å². The molecule has 1 atom stereocenters. The minimum atomic E-state index is -3.49. The molecule has 28 heavy (non-hydrogen) atoms. The molecule has 0 aromatic heterocycles. The third-order valence-electron chi connectivity index (χ3n) is 4.31. The number of carbonyl (C=O) groups is 1. The number of fused-ring (bicyclic) bond motifs is 1. The predicted molar refractivity (Wildman–Crippen MR) is 106 cm³/mol. The summed E-state index contributed by atoms with van der Waals surface area (Å²) in [5.74, 6) is 1.19. The molecule has 2 aromatic carbocycles. The third-order valence-corrected chi connectivity index (χ3v) is 4.90. The first-order valence-electron chi connectivity index (χ1n) is 8.55. The Bertz CT molecular complexity index is 990. The van der Waals surface area contributed by atoms with Crippen LogP contribution in [0.25, 0.3) is 0 Å². The number of amides is 1. The number of hydrogen-bond donors (Lipinski definition) is 2. The summed E-state index contributed by atoms with van der Waals surface area (Å²) in [6, 6.07) is 10.3. The van der Waals surface area contributed by atoms with Crippen LogP contribution in [0.2, 0.25) is 0 Å². The zero-order chi connectivity index (χ0) is 20.3. The van der Waals surface area contributed by atoms with Crippen LogP contribution in [0, 0.1) is 5.92 Å². The van der Waals surface area contributed by atoms with E-state index in [4.69, 9.17) is 14.2 Å². The lowest BCUT2D eigenvalue weighted by atomic mass is 9.95. The summed E-state index contributed by atoms with van der Waals surface area (Å²) in [6.07, 6.45) is 1.58. The minimum Gasteiger partial charge on any atom is -0.497 e. The van der Waals surface area contributed by atoms with Gasteiger partial charge in [-0.2, -0.15) is 0 Å². The van der Waals surface area contributed by atoms with Crippen LogP contribution in [-0.4, -0.2) is 41.4 Å². The predicted octanol–water partition coefficient (Wildman–Crippen LogP) is 2.27. The standard InChI is InChI=1S/C19H22N2O6S/c1-25-15-6-4-12-8-13(11-27-18(12)10-15)19(22)20-14-5-7-17(26-2)16(9-14)21-28(3,23)24/h4-7,9-10,13,21H,8,11H2,1-3H3,(H,20,22). The molecule has 1 unspecified atom stereocenters. The normalized spacial score (nSPS) is 15.8. The smallest absolute Gasteiger partial charge is 0.231 e. The van der Waals surface area contributed by atoms with Gasteiger partial charge in [-0.15, -0.1) is 0 Å². The number of sulfonamides is 1. The van der Waals surface area contributed by atoms with Gasteiger partial charge in [0.2, 0.25) is 15.9 Å². The van der Waals surface area contributed by atoms with E-state index in [1.807, 2.05) is 12.1 Å². The topological polar surface area (TPSA) is 103 Å². The van der Waals surface area contributed by atoms with Gasteiger partial charge < -0.3 is 19.5 Å². The lowest BCUT2D eigenvalue weighted by Gasteiger charge is -2.25. The maximum Gasteiger partial charge on any atom is 0.231 e. The number of benzene rings is 2. The van der Waals surface area contributed by atoms with Gasteiger partial charge >= 0.3 is 0 Å². The van der Waals surface area contributed by atoms with Gasteiger partial charge in [0.1, 0.15) is 23.9 Å². The Labute approximate surface area is 163 Å². The molecule has 2 aromatic rings. The lowest BCUT2D eigenvalue weighted by Crippen LogP contribution is -2.32. The first-order chi connectivity index (χ1) is 13.3. The van der Waals surface area contributed by atoms with Crippen LogP contribution in [0.15, 0.2) is 36.4 Å². The molecule has 0 radical (unpaired) electrons. The van der Waals surface area contributed by atoms with Gasteiger partial charge in [0.05, 0.1) is 32.1 Å². The highest BCUT2D eigenvalue weighted by Gasteiger charge is 2.26. The van der Waals surface area contributed by atoms with E-state index < -0.39 is 10.0 Å². The fourth-order valence-corrected chi connectivity index (χ4v) is 3.52. The summed E-state index contributed by atoms with van der Waals surface area (Å²) < 4.78 is 41.5. The molecular weight excluding hydrogens is 384 g/mol. The second kappa shape index (κ2) is 7.97. The summed E-state index contributed by atoms with van der Waals surface area (Å²) in [5, 5.41) is 2.81. The average molecular weight is 406 g/mol. The highest BCUT2D eigenvalue weighted by Crippen LogP contribution is 2.32. The van der Waals surface area contributed by atoms with Gasteiger partial charge in [-0.3, -0.25) is 9.52 Å². The number of carbonyl (C=O) groups excluding carboxylic acids is 1. The van der Waals surface area contributed by atoms with E-state index >= 15 is 0 Å². The van der Waals surface area contributed by atoms with Crippen LogP contribution >= 0.6 is 0 Å². The highest BCUT2D eigenvalue weighted by molar-refractivity contribution is 7.92. The molecule has 2 N–H and O–H groups in total. The number of ether oxygens (including phenoxy) is 3. The fourth-order valence-electron chi connectivity index (χ4n) is 2.96. The van der Waals surface area contributed by atoms with Crippen molar-refractivity contribution in [3.8, 4) is 17.2 Å². The molecule has 9 heteroatoms. The summed E-state index contributed by atoms with van der Waals surface area (Å²) in [4.78, 5) is 12.7. The summed E-state index contributed by atoms with van der Waals surface area (Å²) in [6.45, 7) is 0.247. The number of rotatable bonds is 6. The molecule has 0 bridgehead atoms. The molecule has 0 saturated carbocycles. The zero-order valence-corrected chi connectivity index (χ0v) is 16.6. The van der Waals surface area contributed by atoms with Crippen molar-refractivity contribution in [2.45, 2.75) is 6.42 Å². The number of hydrogen-bond acceptors (Lipinski definition) is 6. The second-order valence-corrected chi connectivity index (χ2v) is 8.21. The van der Waals surface area contributed by atoms with Crippen molar-refractivity contribution in [1.29, 1.82) is 0 Å². The van der Waals surface area contributed by atoms with Gasteiger partial charge in [0, 0.05) is 11.8 Å². The Hall–Kier alpha value is -2.94. The number of methoxy groups -OCH3 is 2. The van der Waals surface area contributed by atoms with Gasteiger partial charge in [0.25, 0.3) is 0 Å². The Morgan fingerprint density at radius 3 is 2.61 bits per heavy atom. The molecular formula is C19H22N2O6S. The Morgan fingerprint density at radius 1 is 1.14 bits per heavy atom. The average Bonchev–Trinajstić information content (AvgIpc) is 2.66. The summed E-state index contributed by atoms with van der Waals surface area (Å²) >= 11 is 0. The van der Waals surface area contributed by atoms with Crippen molar-refractivity contribution < 1.29 is 27.4 Å². The first kappa shape index (κ1) is 19.8. The molecule has 8 nitrogen and oxygen atoms in total. The number of nitrogens with one attached hydrogen (secondary N) is 2. The van der Waals surface area contributed by atoms with Crippen LogP contribution in [0.3, 0.4) is 0 Å². The van der Waals surface area contributed by atoms with Crippen molar-refractivity contribution in [3.63, 3.8) is 0 Å². The van der Waals surface area contributed by atoms with Gasteiger partial charge in [-0.25, -0.2) is 8.42 Å². The minimum absolute atomic E-state index is 0.211. The van der Waals surface area contributed by atoms with Crippen molar-refractivity contribution in [1.82, 2.24) is 0 Å². The van der Waals surface area contributed by atoms with Crippen LogP contribution in [-0.2, 0) is 21.2 Å². The largest absolute Gasteiger partial charge is 0.497 e. The third kappa shape index (κ3) is 4.66. The molecule has 1 heterocycles. The maximum atomic E-state index is 12.7. The van der Waals surface area contributed by atoms with Gasteiger partial charge in [0.15, 0.2) is 0 Å². The quantitative estimate of drug-likeness (QED) is 0.763. The Kier molecular flexibility index (Phi) is 5.64. The second-order valence-electron chi connectivity index (χ2n) is 6.46. The number of anilines is 2. The fraction of sp³-hybridized carbons (Fsp3) is 0.316. The van der Waals surface area contributed by atoms with Crippen LogP contribution in [0.5, 0.6) is 17.2 Å². The molecule has 3 rings (SSSR count). The van der Waals surface area contributed by atoms with E-state index in [0.29, 0.717) is 29.4 Å². The van der Waals surface area contributed by atoms with E-state index in [1.54, 1.807) is 25.3 Å². The van der Waals surface area contributed by atoms with E-state index in [2.05, 4.69) is 10.0 Å². The van der Waals surface area contributed by atoms with E-state index in [1.165, 1.54) is 13.2 Å². The van der Waals surface area contributed by atoms with Gasteiger partial charge in [-0.1, -0.05) is 6.07 Å².